The molecule has 2 heterocycles. The summed E-state index contributed by atoms with van der Waals surface area (Å²) in [4.78, 5) is 49.5. The van der Waals surface area contributed by atoms with Crippen LogP contribution in [0.2, 0.25) is 0 Å². The summed E-state index contributed by atoms with van der Waals surface area (Å²) in [5, 5.41) is 15.0. The van der Waals surface area contributed by atoms with Gasteiger partial charge in [0.25, 0.3) is 5.91 Å². The number of hydrogen-bond acceptors (Lipinski definition) is 7. The van der Waals surface area contributed by atoms with Gasteiger partial charge in [-0.15, -0.1) is 11.3 Å². The van der Waals surface area contributed by atoms with Crippen LogP contribution < -0.4 is 16.4 Å². The van der Waals surface area contributed by atoms with E-state index >= 15 is 0 Å². The summed E-state index contributed by atoms with van der Waals surface area (Å²) in [5.41, 5.74) is 6.54. The molecule has 1 saturated heterocycles. The molecule has 11 heteroatoms. The lowest BCUT2D eigenvalue weighted by molar-refractivity contribution is -0.132. The van der Waals surface area contributed by atoms with Gasteiger partial charge in [-0.05, 0) is 29.9 Å². The Morgan fingerprint density at radius 3 is 2.23 bits per heavy atom. The van der Waals surface area contributed by atoms with Gasteiger partial charge in [0.05, 0.1) is 17.0 Å². The lowest BCUT2D eigenvalue weighted by atomic mass is 9.92. The second-order valence-corrected chi connectivity index (χ2v) is 10.9. The monoisotopic (exact) mass is 563 g/mol. The highest BCUT2D eigenvalue weighted by atomic mass is 32.1. The maximum atomic E-state index is 11.6. The fraction of sp³-hybridized carbons (Fsp3) is 0.536. The Bertz CT molecular complexity index is 1030. The molecule has 4 amide bonds. The molecule has 3 rings (SSSR count). The quantitative estimate of drug-likeness (QED) is 0.394. The third kappa shape index (κ3) is 14.4. The van der Waals surface area contributed by atoms with Gasteiger partial charge in [0.1, 0.15) is 0 Å². The highest BCUT2D eigenvalue weighted by Crippen LogP contribution is 2.27. The average molecular weight is 564 g/mol. The molecule has 10 nitrogen and oxygen atoms in total. The third-order valence-electron chi connectivity index (χ3n) is 5.14. The van der Waals surface area contributed by atoms with E-state index < -0.39 is 0 Å². The number of likely N-dealkylation sites (tertiary alicyclic amines) is 1. The number of benzene rings is 1. The second-order valence-electron chi connectivity index (χ2n) is 9.87. The molecule has 2 atom stereocenters. The van der Waals surface area contributed by atoms with Crippen molar-refractivity contribution < 1.29 is 24.3 Å². The number of hydrogen-bond donors (Lipinski definition) is 4. The van der Waals surface area contributed by atoms with E-state index in [-0.39, 0.29) is 35.3 Å². The summed E-state index contributed by atoms with van der Waals surface area (Å²) < 4.78 is 0. The van der Waals surface area contributed by atoms with Gasteiger partial charge in [-0.3, -0.25) is 19.2 Å². The largest absolute Gasteiger partial charge is 0.391 e. The molecule has 0 bridgehead atoms. The van der Waals surface area contributed by atoms with E-state index in [9.17, 15) is 24.3 Å². The van der Waals surface area contributed by atoms with Crippen molar-refractivity contribution in [2.45, 2.75) is 73.5 Å². The molecule has 1 aromatic heterocycles. The van der Waals surface area contributed by atoms with Crippen molar-refractivity contribution in [2.75, 3.05) is 20.1 Å². The van der Waals surface area contributed by atoms with Gasteiger partial charge < -0.3 is 26.4 Å². The van der Waals surface area contributed by atoms with Crippen LogP contribution in [-0.2, 0) is 14.4 Å². The smallest absolute Gasteiger partial charge is 0.280 e. The maximum Gasteiger partial charge on any atom is 0.280 e. The molecule has 218 valence electrons. The van der Waals surface area contributed by atoms with Crippen molar-refractivity contribution in [3.8, 4) is 10.4 Å². The zero-order chi connectivity index (χ0) is 30.2. The van der Waals surface area contributed by atoms with Gasteiger partial charge in [-0.2, -0.15) is 0 Å². The van der Waals surface area contributed by atoms with E-state index in [0.717, 1.165) is 29.0 Å². The molecule has 0 aliphatic carbocycles. The fourth-order valence-electron chi connectivity index (χ4n) is 3.29. The van der Waals surface area contributed by atoms with Crippen LogP contribution in [0, 0.1) is 5.41 Å². The minimum absolute atomic E-state index is 0.0237. The van der Waals surface area contributed by atoms with E-state index in [1.54, 1.807) is 18.1 Å². The molecule has 0 saturated carbocycles. The van der Waals surface area contributed by atoms with Crippen LogP contribution in [0.1, 0.15) is 82.7 Å². The number of aliphatic hydroxyl groups is 1. The lowest BCUT2D eigenvalue weighted by Gasteiger charge is -2.22. The van der Waals surface area contributed by atoms with Gasteiger partial charge in [0, 0.05) is 39.7 Å². The predicted molar refractivity (Wildman–Crippen MR) is 156 cm³/mol. The number of β-amino-alcohol motifs (C(OH)–C–C–N with tert-alkyl or cyclic N) is 1. The number of amides is 4. The number of nitrogens with two attached hydrogens (primary N) is 1. The molecule has 39 heavy (non-hydrogen) atoms. The first-order chi connectivity index (χ1) is 18.3. The van der Waals surface area contributed by atoms with Crippen molar-refractivity contribution >= 4 is 35.5 Å². The summed E-state index contributed by atoms with van der Waals surface area (Å²) in [7, 11) is 1.58. The predicted octanol–water partition coefficient (Wildman–Crippen LogP) is 3.51. The summed E-state index contributed by atoms with van der Waals surface area (Å²) in [6, 6.07) is 7.80. The van der Waals surface area contributed by atoms with Crippen LogP contribution in [0.3, 0.4) is 0 Å². The highest BCUT2D eigenvalue weighted by Gasteiger charge is 2.27. The van der Waals surface area contributed by atoms with Crippen molar-refractivity contribution in [3.05, 3.63) is 41.0 Å². The summed E-state index contributed by atoms with van der Waals surface area (Å²) in [6.45, 7) is 14.6. The van der Waals surface area contributed by atoms with Crippen LogP contribution in [0.25, 0.3) is 10.4 Å². The number of rotatable bonds is 6. The van der Waals surface area contributed by atoms with E-state index in [2.05, 4.69) is 42.1 Å². The SMILES string of the molecule is CC.CC(C)(C)CC(=O)N1CCC(O)C1.CC(N)=O.CNC(=O)c1ncc(-c2ccc(C(C)NC=O)cc2)s1. The first kappa shape index (κ1) is 35.7. The second kappa shape index (κ2) is 18.1. The topological polar surface area (TPSA) is 155 Å². The average Bonchev–Trinajstić information content (AvgIpc) is 3.54. The Morgan fingerprint density at radius 1 is 1.23 bits per heavy atom. The zero-order valence-corrected chi connectivity index (χ0v) is 25.2. The molecular formula is C28H45N5O5S. The Hall–Kier alpha value is -3.31. The number of carbonyl (C=O) groups excluding carboxylic acids is 4. The van der Waals surface area contributed by atoms with Crippen molar-refractivity contribution in [3.63, 3.8) is 0 Å². The molecule has 1 fully saturated rings. The Morgan fingerprint density at radius 2 is 1.79 bits per heavy atom. The van der Waals surface area contributed by atoms with E-state index in [1.165, 1.54) is 18.3 Å². The third-order valence-corrected chi connectivity index (χ3v) is 6.18. The first-order valence-corrected chi connectivity index (χ1v) is 13.8. The van der Waals surface area contributed by atoms with Gasteiger partial charge in [0.15, 0.2) is 5.01 Å². The van der Waals surface area contributed by atoms with Crippen molar-refractivity contribution in [1.29, 1.82) is 0 Å². The Labute approximate surface area is 236 Å². The molecule has 1 aromatic carbocycles. The van der Waals surface area contributed by atoms with Crippen LogP contribution >= 0.6 is 11.3 Å². The fourth-order valence-corrected chi connectivity index (χ4v) is 4.16. The molecule has 5 N–H and O–H groups in total. The normalized spacial score (nSPS) is 14.7. The molecule has 2 aromatic rings. The van der Waals surface area contributed by atoms with Gasteiger partial charge in [-0.25, -0.2) is 4.98 Å². The maximum absolute atomic E-state index is 11.6. The number of nitrogens with zero attached hydrogens (tertiary/aromatic N) is 2. The minimum Gasteiger partial charge on any atom is -0.391 e. The summed E-state index contributed by atoms with van der Waals surface area (Å²) in [6.07, 6.45) is 3.38. The standard InChI is InChI=1S/C14H15N3O2S.C10H19NO2.C2H5NO.C2H6/c1-9(17-8-18)10-3-5-11(6-4-10)12-7-16-14(20-12)13(19)15-2;1-10(2,3)6-9(13)11-5-4-8(12)7-11;1-2(3)4;1-2/h3-9H,1-2H3,(H,15,19)(H,17,18);8,12H,4-7H2,1-3H3;1H3,(H2,3,4);1-2H3. The van der Waals surface area contributed by atoms with E-state index in [0.29, 0.717) is 24.4 Å². The molecule has 0 spiro atoms. The molecule has 0 radical (unpaired) electrons. The van der Waals surface area contributed by atoms with Gasteiger partial charge in [0.2, 0.25) is 18.2 Å². The first-order valence-electron chi connectivity index (χ1n) is 13.0. The van der Waals surface area contributed by atoms with E-state index in [4.69, 9.17) is 0 Å². The van der Waals surface area contributed by atoms with Crippen LogP contribution in [0.4, 0.5) is 0 Å². The van der Waals surface area contributed by atoms with E-state index in [1.807, 2.05) is 45.0 Å². The number of aromatic nitrogens is 1. The van der Waals surface area contributed by atoms with Gasteiger partial charge >= 0.3 is 0 Å². The molecule has 1 aliphatic rings. The van der Waals surface area contributed by atoms with Crippen molar-refractivity contribution in [1.82, 2.24) is 20.5 Å². The number of primary amides is 1. The van der Waals surface area contributed by atoms with Crippen LogP contribution in [-0.4, -0.2) is 65.4 Å². The number of carbonyl (C=O) groups is 4. The Balaban J connectivity index is 0.000000653. The van der Waals surface area contributed by atoms with Gasteiger partial charge in [-0.1, -0.05) is 58.9 Å². The summed E-state index contributed by atoms with van der Waals surface area (Å²) in [5.74, 6) is -0.342. The minimum atomic E-state index is -0.333. The highest BCUT2D eigenvalue weighted by molar-refractivity contribution is 7.16. The number of aliphatic hydroxyl groups excluding tert-OH is 1. The molecule has 1 aliphatic heterocycles. The molecule has 2 unspecified atom stereocenters. The Kier molecular flexibility index (Phi) is 16.5. The zero-order valence-electron chi connectivity index (χ0n) is 24.4. The summed E-state index contributed by atoms with van der Waals surface area (Å²) >= 11 is 1.35. The molecular weight excluding hydrogens is 518 g/mol. The number of nitrogens with one attached hydrogen (secondary N) is 2. The van der Waals surface area contributed by atoms with Crippen molar-refractivity contribution in [2.24, 2.45) is 11.1 Å². The lowest BCUT2D eigenvalue weighted by Crippen LogP contribution is -2.32. The van der Waals surface area contributed by atoms with Crippen LogP contribution in [0.15, 0.2) is 30.5 Å². The number of thiazole rings is 1. The van der Waals surface area contributed by atoms with Crippen LogP contribution in [0.5, 0.6) is 0 Å².